The molecule has 0 bridgehead atoms. The van der Waals surface area contributed by atoms with E-state index < -0.39 is 11.4 Å². The number of hydrogen-bond donors (Lipinski definition) is 1. The second kappa shape index (κ2) is 4.96. The Morgan fingerprint density at radius 2 is 2.41 bits per heavy atom. The van der Waals surface area contributed by atoms with Crippen molar-refractivity contribution in [3.63, 3.8) is 0 Å². The zero-order valence-electron chi connectivity index (χ0n) is 9.78. The van der Waals surface area contributed by atoms with E-state index in [1.165, 1.54) is 4.88 Å². The Balaban J connectivity index is 2.00. The summed E-state index contributed by atoms with van der Waals surface area (Å²) in [5.74, 6) is -0.660. The van der Waals surface area contributed by atoms with Crippen LogP contribution in [0.25, 0.3) is 0 Å². The number of aliphatic carboxylic acids is 1. The summed E-state index contributed by atoms with van der Waals surface area (Å²) < 4.78 is 0.791. The predicted molar refractivity (Wildman–Crippen MR) is 69.6 cm³/mol. The summed E-state index contributed by atoms with van der Waals surface area (Å²) in [4.78, 5) is 14.7. The molecule has 0 spiro atoms. The Bertz CT molecular complexity index is 420. The number of carboxylic acid groups (broad SMARTS) is 1. The van der Waals surface area contributed by atoms with Crippen LogP contribution < -0.4 is 0 Å². The summed E-state index contributed by atoms with van der Waals surface area (Å²) in [6.07, 6.45) is 1.45. The lowest BCUT2D eigenvalue weighted by Gasteiger charge is -2.22. The van der Waals surface area contributed by atoms with E-state index in [0.29, 0.717) is 13.0 Å². The molecule has 1 fully saturated rings. The summed E-state index contributed by atoms with van der Waals surface area (Å²) in [6, 6.07) is 3.90. The maximum Gasteiger partial charge on any atom is 0.310 e. The summed E-state index contributed by atoms with van der Waals surface area (Å²) in [6.45, 7) is 4.27. The van der Waals surface area contributed by atoms with Gasteiger partial charge in [-0.15, -0.1) is 11.3 Å². The molecule has 1 saturated heterocycles. The fourth-order valence-electron chi connectivity index (χ4n) is 2.36. The van der Waals surface area contributed by atoms with Crippen LogP contribution in [0.4, 0.5) is 0 Å². The van der Waals surface area contributed by atoms with Gasteiger partial charge in [0.25, 0.3) is 0 Å². The lowest BCUT2D eigenvalue weighted by molar-refractivity contribution is -0.148. The normalized spacial score (nSPS) is 25.3. The number of thiophene rings is 1. The van der Waals surface area contributed by atoms with Gasteiger partial charge in [-0.2, -0.15) is 0 Å². The third kappa shape index (κ3) is 2.64. The van der Waals surface area contributed by atoms with Crippen LogP contribution in [0.15, 0.2) is 12.1 Å². The molecule has 17 heavy (non-hydrogen) atoms. The van der Waals surface area contributed by atoms with Crippen molar-refractivity contribution in [2.24, 2.45) is 5.41 Å². The fraction of sp³-hybridized carbons (Fsp3) is 0.583. The van der Waals surface area contributed by atoms with Gasteiger partial charge in [0.05, 0.1) is 9.75 Å². The van der Waals surface area contributed by atoms with Gasteiger partial charge in [0.15, 0.2) is 0 Å². The third-order valence-corrected chi connectivity index (χ3v) is 4.79. The first kappa shape index (κ1) is 12.9. The molecular formula is C12H16ClNO2S. The summed E-state index contributed by atoms with van der Waals surface area (Å²) in [5, 5.41) is 9.31. The molecule has 0 saturated carbocycles. The highest BCUT2D eigenvalue weighted by molar-refractivity contribution is 7.16. The van der Waals surface area contributed by atoms with Crippen LogP contribution in [0.5, 0.6) is 0 Å². The topological polar surface area (TPSA) is 40.5 Å². The molecule has 0 aromatic carbocycles. The number of hydrogen-bond acceptors (Lipinski definition) is 3. The van der Waals surface area contributed by atoms with E-state index in [1.807, 2.05) is 19.1 Å². The zero-order chi connectivity index (χ0) is 12.5. The molecule has 94 valence electrons. The molecule has 1 aliphatic heterocycles. The lowest BCUT2D eigenvalue weighted by Crippen LogP contribution is -2.33. The molecule has 1 unspecified atom stereocenters. The first-order valence-corrected chi connectivity index (χ1v) is 6.95. The molecule has 2 heterocycles. The minimum atomic E-state index is -0.660. The average molecular weight is 274 g/mol. The number of carboxylic acids is 1. The van der Waals surface area contributed by atoms with Gasteiger partial charge < -0.3 is 5.11 Å². The molecule has 0 aliphatic carbocycles. The molecule has 0 radical (unpaired) electrons. The maximum absolute atomic E-state index is 11.3. The van der Waals surface area contributed by atoms with Gasteiger partial charge in [0.2, 0.25) is 0 Å². The highest BCUT2D eigenvalue weighted by Gasteiger charge is 2.43. The van der Waals surface area contributed by atoms with Gasteiger partial charge in [0, 0.05) is 18.0 Å². The van der Waals surface area contributed by atoms with E-state index in [0.717, 1.165) is 23.8 Å². The van der Waals surface area contributed by atoms with E-state index in [9.17, 15) is 9.90 Å². The number of nitrogens with zero attached hydrogens (tertiary/aromatic N) is 1. The van der Waals surface area contributed by atoms with Gasteiger partial charge in [-0.05, 0) is 31.5 Å². The minimum Gasteiger partial charge on any atom is -0.481 e. The molecule has 2 rings (SSSR count). The van der Waals surface area contributed by atoms with Crippen molar-refractivity contribution in [3.05, 3.63) is 21.3 Å². The third-order valence-electron chi connectivity index (χ3n) is 3.57. The molecule has 0 amide bonds. The fourth-order valence-corrected chi connectivity index (χ4v) is 3.49. The van der Waals surface area contributed by atoms with E-state index in [1.54, 1.807) is 11.3 Å². The van der Waals surface area contributed by atoms with Crippen molar-refractivity contribution in [3.8, 4) is 0 Å². The number of rotatable bonds is 4. The average Bonchev–Trinajstić information content (AvgIpc) is 2.87. The van der Waals surface area contributed by atoms with Gasteiger partial charge in [0.1, 0.15) is 0 Å². The standard InChI is InChI=1S/C12H16ClNO2S/c1-2-12(11(15)16)5-6-14(8-12)7-9-3-4-10(13)17-9/h3-4H,2,5-8H2,1H3,(H,15,16). The Labute approximate surface area is 110 Å². The van der Waals surface area contributed by atoms with Gasteiger partial charge in [-0.3, -0.25) is 9.69 Å². The quantitative estimate of drug-likeness (QED) is 0.916. The van der Waals surface area contributed by atoms with Crippen LogP contribution in [0, 0.1) is 5.41 Å². The Morgan fingerprint density at radius 3 is 2.88 bits per heavy atom. The summed E-state index contributed by atoms with van der Waals surface area (Å²) in [5.41, 5.74) is -0.541. The van der Waals surface area contributed by atoms with Gasteiger partial charge in [-0.25, -0.2) is 0 Å². The predicted octanol–water partition coefficient (Wildman–Crippen LogP) is 3.09. The van der Waals surface area contributed by atoms with Crippen molar-refractivity contribution in [1.29, 1.82) is 0 Å². The Kier molecular flexibility index (Phi) is 3.76. The molecule has 5 heteroatoms. The Morgan fingerprint density at radius 1 is 1.65 bits per heavy atom. The summed E-state index contributed by atoms with van der Waals surface area (Å²) in [7, 11) is 0. The van der Waals surface area contributed by atoms with E-state index >= 15 is 0 Å². The van der Waals surface area contributed by atoms with Gasteiger partial charge >= 0.3 is 5.97 Å². The van der Waals surface area contributed by atoms with E-state index in [2.05, 4.69) is 4.90 Å². The highest BCUT2D eigenvalue weighted by Crippen LogP contribution is 2.35. The van der Waals surface area contributed by atoms with Crippen LogP contribution in [0.1, 0.15) is 24.6 Å². The lowest BCUT2D eigenvalue weighted by atomic mass is 9.84. The van der Waals surface area contributed by atoms with Crippen LogP contribution in [0.2, 0.25) is 4.34 Å². The molecular weight excluding hydrogens is 258 g/mol. The number of carbonyl (C=O) groups is 1. The second-order valence-electron chi connectivity index (χ2n) is 4.61. The van der Waals surface area contributed by atoms with Crippen molar-refractivity contribution in [2.45, 2.75) is 26.3 Å². The van der Waals surface area contributed by atoms with Crippen molar-refractivity contribution >= 4 is 28.9 Å². The maximum atomic E-state index is 11.3. The molecule has 1 aromatic rings. The molecule has 1 aromatic heterocycles. The van der Waals surface area contributed by atoms with Gasteiger partial charge in [-0.1, -0.05) is 18.5 Å². The second-order valence-corrected chi connectivity index (χ2v) is 6.41. The number of halogens is 1. The van der Waals surface area contributed by atoms with Crippen LogP contribution in [-0.4, -0.2) is 29.1 Å². The molecule has 1 aliphatic rings. The smallest absolute Gasteiger partial charge is 0.310 e. The van der Waals surface area contributed by atoms with Crippen molar-refractivity contribution in [2.75, 3.05) is 13.1 Å². The minimum absolute atomic E-state index is 0.541. The molecule has 1 atom stereocenters. The van der Waals surface area contributed by atoms with E-state index in [-0.39, 0.29) is 0 Å². The van der Waals surface area contributed by atoms with Crippen molar-refractivity contribution < 1.29 is 9.90 Å². The van der Waals surface area contributed by atoms with Crippen LogP contribution in [0.3, 0.4) is 0 Å². The summed E-state index contributed by atoms with van der Waals surface area (Å²) >= 11 is 7.45. The monoisotopic (exact) mass is 273 g/mol. The zero-order valence-corrected chi connectivity index (χ0v) is 11.4. The largest absolute Gasteiger partial charge is 0.481 e. The van der Waals surface area contributed by atoms with Crippen LogP contribution >= 0.6 is 22.9 Å². The SMILES string of the molecule is CCC1(C(=O)O)CCN(Cc2ccc(Cl)s2)C1. The first-order chi connectivity index (χ1) is 8.05. The Hall–Kier alpha value is -0.580. The van der Waals surface area contributed by atoms with Crippen LogP contribution in [-0.2, 0) is 11.3 Å². The molecule has 1 N–H and O–H groups in total. The van der Waals surface area contributed by atoms with E-state index in [4.69, 9.17) is 11.6 Å². The molecule has 3 nitrogen and oxygen atoms in total. The van der Waals surface area contributed by atoms with Crippen molar-refractivity contribution in [1.82, 2.24) is 4.90 Å². The highest BCUT2D eigenvalue weighted by atomic mass is 35.5. The number of likely N-dealkylation sites (tertiary alicyclic amines) is 1. The first-order valence-electron chi connectivity index (χ1n) is 5.76.